The smallest absolute Gasteiger partial charge is 0.345 e. The second-order valence-electron chi connectivity index (χ2n) is 4.35. The standard InChI is InChI=1S/C15H9F5O3/c1-22-13(7-5-3-2-4-6-7)15(21)23-14-11(19)9(17)8(16)10(18)12(14)20/h2-6,13H,1H3/t13-/m0/s1. The number of hydrogen-bond acceptors (Lipinski definition) is 3. The van der Waals surface area contributed by atoms with Crippen molar-refractivity contribution in [1.29, 1.82) is 0 Å². The number of halogens is 5. The molecule has 0 aromatic heterocycles. The topological polar surface area (TPSA) is 35.5 Å². The number of carbonyl (C=O) groups excluding carboxylic acids is 1. The predicted octanol–water partition coefficient (Wildman–Crippen LogP) is 3.68. The second kappa shape index (κ2) is 6.74. The van der Waals surface area contributed by atoms with Crippen LogP contribution >= 0.6 is 0 Å². The van der Waals surface area contributed by atoms with Crippen molar-refractivity contribution in [3.05, 3.63) is 65.0 Å². The van der Waals surface area contributed by atoms with Crippen molar-refractivity contribution in [3.8, 4) is 5.75 Å². The molecule has 0 radical (unpaired) electrons. The molecule has 8 heteroatoms. The molecule has 0 aliphatic rings. The van der Waals surface area contributed by atoms with Crippen LogP contribution in [0.2, 0.25) is 0 Å². The van der Waals surface area contributed by atoms with Crippen molar-refractivity contribution >= 4 is 5.97 Å². The summed E-state index contributed by atoms with van der Waals surface area (Å²) in [7, 11) is 1.12. The Hall–Kier alpha value is -2.48. The Labute approximate surface area is 127 Å². The third-order valence-electron chi connectivity index (χ3n) is 2.92. The van der Waals surface area contributed by atoms with Gasteiger partial charge in [0.25, 0.3) is 0 Å². The molecule has 2 aromatic rings. The number of rotatable bonds is 4. The van der Waals surface area contributed by atoms with Crippen molar-refractivity contribution in [3.63, 3.8) is 0 Å². The zero-order valence-electron chi connectivity index (χ0n) is 11.6. The molecule has 0 aliphatic heterocycles. The number of ether oxygens (including phenoxy) is 2. The Morgan fingerprint density at radius 2 is 1.35 bits per heavy atom. The Balaban J connectivity index is 2.37. The van der Waals surface area contributed by atoms with E-state index in [1.807, 2.05) is 0 Å². The first-order valence-electron chi connectivity index (χ1n) is 6.19. The van der Waals surface area contributed by atoms with E-state index in [1.54, 1.807) is 18.2 Å². The van der Waals surface area contributed by atoms with E-state index in [9.17, 15) is 26.7 Å². The molecule has 0 saturated carbocycles. The van der Waals surface area contributed by atoms with Crippen LogP contribution in [0.3, 0.4) is 0 Å². The van der Waals surface area contributed by atoms with Gasteiger partial charge in [-0.25, -0.2) is 18.0 Å². The third-order valence-corrected chi connectivity index (χ3v) is 2.92. The average molecular weight is 332 g/mol. The van der Waals surface area contributed by atoms with Crippen LogP contribution in [0.5, 0.6) is 5.75 Å². The van der Waals surface area contributed by atoms with E-state index in [-0.39, 0.29) is 5.56 Å². The van der Waals surface area contributed by atoms with E-state index in [2.05, 4.69) is 4.74 Å². The molecular formula is C15H9F5O3. The highest BCUT2D eigenvalue weighted by Crippen LogP contribution is 2.30. The van der Waals surface area contributed by atoms with Gasteiger partial charge in [-0.3, -0.25) is 0 Å². The van der Waals surface area contributed by atoms with Gasteiger partial charge in [-0.15, -0.1) is 0 Å². The number of methoxy groups -OCH3 is 1. The summed E-state index contributed by atoms with van der Waals surface area (Å²) in [4.78, 5) is 11.9. The fourth-order valence-corrected chi connectivity index (χ4v) is 1.82. The SMILES string of the molecule is CO[C@H](C(=O)Oc1c(F)c(F)c(F)c(F)c1F)c1ccccc1. The van der Waals surface area contributed by atoms with Gasteiger partial charge in [0.1, 0.15) is 0 Å². The van der Waals surface area contributed by atoms with Gasteiger partial charge in [0.05, 0.1) is 0 Å². The molecule has 0 bridgehead atoms. The molecule has 0 saturated heterocycles. The first-order chi connectivity index (χ1) is 10.9. The molecular weight excluding hydrogens is 323 g/mol. The van der Waals surface area contributed by atoms with Gasteiger partial charge in [0.2, 0.25) is 34.8 Å². The lowest BCUT2D eigenvalue weighted by Gasteiger charge is -2.15. The summed E-state index contributed by atoms with van der Waals surface area (Å²) in [6, 6.07) is 7.70. The summed E-state index contributed by atoms with van der Waals surface area (Å²) in [5.41, 5.74) is 0.281. The van der Waals surface area contributed by atoms with Crippen molar-refractivity contribution in [1.82, 2.24) is 0 Å². The largest absolute Gasteiger partial charge is 0.418 e. The van der Waals surface area contributed by atoms with Crippen LogP contribution in [0, 0.1) is 29.1 Å². The Morgan fingerprint density at radius 3 is 1.83 bits per heavy atom. The Kier molecular flexibility index (Phi) is 4.95. The van der Waals surface area contributed by atoms with Gasteiger partial charge in [-0.1, -0.05) is 30.3 Å². The Morgan fingerprint density at radius 1 is 0.870 bits per heavy atom. The molecule has 0 spiro atoms. The maximum atomic E-state index is 13.5. The highest BCUT2D eigenvalue weighted by molar-refractivity contribution is 5.79. The number of esters is 1. The zero-order chi connectivity index (χ0) is 17.1. The first-order valence-corrected chi connectivity index (χ1v) is 6.19. The minimum Gasteiger partial charge on any atom is -0.418 e. The second-order valence-corrected chi connectivity index (χ2v) is 4.35. The molecule has 0 unspecified atom stereocenters. The molecule has 0 aliphatic carbocycles. The summed E-state index contributed by atoms with van der Waals surface area (Å²) in [6.45, 7) is 0. The lowest BCUT2D eigenvalue weighted by Crippen LogP contribution is -2.22. The number of benzene rings is 2. The number of hydrogen-bond donors (Lipinski definition) is 0. The van der Waals surface area contributed by atoms with Crippen molar-refractivity contribution < 1.29 is 36.2 Å². The summed E-state index contributed by atoms with van der Waals surface area (Å²) >= 11 is 0. The minimum atomic E-state index is -2.34. The van der Waals surface area contributed by atoms with Crippen LogP contribution in [0.15, 0.2) is 30.3 Å². The lowest BCUT2D eigenvalue weighted by atomic mass is 10.1. The summed E-state index contributed by atoms with van der Waals surface area (Å²) in [5.74, 6) is -14.2. The zero-order valence-corrected chi connectivity index (χ0v) is 11.6. The average Bonchev–Trinajstić information content (AvgIpc) is 2.57. The van der Waals surface area contributed by atoms with Gasteiger partial charge in [0.15, 0.2) is 6.10 Å². The third kappa shape index (κ3) is 3.16. The monoisotopic (exact) mass is 332 g/mol. The molecule has 3 nitrogen and oxygen atoms in total. The molecule has 0 N–H and O–H groups in total. The fourth-order valence-electron chi connectivity index (χ4n) is 1.82. The lowest BCUT2D eigenvalue weighted by molar-refractivity contribution is -0.146. The molecule has 2 aromatic carbocycles. The predicted molar refractivity (Wildman–Crippen MR) is 68.1 cm³/mol. The van der Waals surface area contributed by atoms with Crippen LogP contribution in [-0.2, 0) is 9.53 Å². The highest BCUT2D eigenvalue weighted by atomic mass is 19.2. The maximum absolute atomic E-state index is 13.5. The van der Waals surface area contributed by atoms with Crippen molar-refractivity contribution in [2.45, 2.75) is 6.10 Å². The molecule has 23 heavy (non-hydrogen) atoms. The van der Waals surface area contributed by atoms with Crippen LogP contribution in [0.4, 0.5) is 22.0 Å². The molecule has 1 atom stereocenters. The van der Waals surface area contributed by atoms with Gasteiger partial charge >= 0.3 is 5.97 Å². The van der Waals surface area contributed by atoms with Gasteiger partial charge in [-0.05, 0) is 5.56 Å². The van der Waals surface area contributed by atoms with E-state index < -0.39 is 46.9 Å². The van der Waals surface area contributed by atoms with E-state index in [0.29, 0.717) is 0 Å². The summed E-state index contributed by atoms with van der Waals surface area (Å²) in [5, 5.41) is 0. The van der Waals surface area contributed by atoms with Crippen LogP contribution in [0.25, 0.3) is 0 Å². The molecule has 2 rings (SSSR count). The normalized spacial score (nSPS) is 12.1. The number of carbonyl (C=O) groups is 1. The van der Waals surface area contributed by atoms with E-state index in [4.69, 9.17) is 4.74 Å². The van der Waals surface area contributed by atoms with Gasteiger partial charge in [0, 0.05) is 7.11 Å². The molecule has 0 heterocycles. The van der Waals surface area contributed by atoms with Crippen LogP contribution in [0.1, 0.15) is 11.7 Å². The van der Waals surface area contributed by atoms with Crippen LogP contribution < -0.4 is 4.74 Å². The maximum Gasteiger partial charge on any atom is 0.345 e. The van der Waals surface area contributed by atoms with Gasteiger partial charge < -0.3 is 9.47 Å². The fraction of sp³-hybridized carbons (Fsp3) is 0.133. The first kappa shape index (κ1) is 16.9. The van der Waals surface area contributed by atoms with Crippen LogP contribution in [-0.4, -0.2) is 13.1 Å². The highest BCUT2D eigenvalue weighted by Gasteiger charge is 2.31. The van der Waals surface area contributed by atoms with E-state index in [0.717, 1.165) is 7.11 Å². The summed E-state index contributed by atoms with van der Waals surface area (Å²) in [6.07, 6.45) is -1.40. The molecule has 0 fully saturated rings. The van der Waals surface area contributed by atoms with Crippen molar-refractivity contribution in [2.24, 2.45) is 0 Å². The van der Waals surface area contributed by atoms with Gasteiger partial charge in [-0.2, -0.15) is 8.78 Å². The molecule has 122 valence electrons. The Bertz CT molecular complexity index is 705. The van der Waals surface area contributed by atoms with E-state index >= 15 is 0 Å². The molecule has 0 amide bonds. The van der Waals surface area contributed by atoms with Crippen molar-refractivity contribution in [2.75, 3.05) is 7.11 Å². The van der Waals surface area contributed by atoms with E-state index in [1.165, 1.54) is 12.1 Å². The minimum absolute atomic E-state index is 0.281. The quantitative estimate of drug-likeness (QED) is 0.282. The summed E-state index contributed by atoms with van der Waals surface area (Å²) < 4.78 is 75.3.